The summed E-state index contributed by atoms with van der Waals surface area (Å²) in [4.78, 5) is 198. The molecule has 1 saturated carbocycles. The Hall–Kier alpha value is -10.3. The summed E-state index contributed by atoms with van der Waals surface area (Å²) in [5.74, 6) is -11.0. The molecule has 4 heterocycles. The lowest BCUT2D eigenvalue weighted by atomic mass is 9.83. The van der Waals surface area contributed by atoms with Crippen LogP contribution in [0.15, 0.2) is 97.3 Å². The number of phenols is 2. The first-order chi connectivity index (χ1) is 54.3. The largest absolute Gasteiger partial charge is 0.508 e. The third kappa shape index (κ3) is 27.2. The molecule has 8 rings (SSSR count). The Morgan fingerprint density at radius 2 is 1.06 bits per heavy atom. The van der Waals surface area contributed by atoms with Crippen LogP contribution < -0.4 is 69.5 Å². The third-order valence-electron chi connectivity index (χ3n) is 20.2. The second kappa shape index (κ2) is 43.2. The highest BCUT2D eigenvalue weighted by Crippen LogP contribution is 2.29. The number of nitrogens with one attached hydrogen (secondary N) is 13. The summed E-state index contributed by atoms with van der Waals surface area (Å²) in [5.41, 5.74) is 8.37. The highest BCUT2D eigenvalue weighted by molar-refractivity contribution is 7.98. The van der Waals surface area contributed by atoms with Gasteiger partial charge in [0, 0.05) is 79.4 Å². The Kier molecular flexibility index (Phi) is 33.8. The van der Waals surface area contributed by atoms with Crippen molar-refractivity contribution in [3.05, 3.63) is 125 Å². The predicted octanol–water partition coefficient (Wildman–Crippen LogP) is 1.66. The number of carbonyl (C=O) groups excluding carboxylic acids is 13. The molecule has 13 atom stereocenters. The standard InChI is InChI=1S/C80H109N15O17S2/c1-7-15-55-70(103)86-56-21-11-12-22-62(100)82-34-31-57(72(105)93-64(44(2)96)76(109)89-60(74(107)85-55)39-51-40-84-69-54(51)20-14-33-83-69)87-73(106)58(37-46-23-27-52(98)28-24-46)90-79(112)67(80(4,5)6)92-63(101)32-35-113-41-48-16-13-17-49(36-48)42-114-43-61(68(81)102)91-77(110)65(45(3)97)94-78(111)66(50-18-9-8-10-19-50)95-75(108)59(88-71(56)104)38-47-25-29-53(99)30-26-47/h13-14,16-17,20,23-30,33,36,40,44-45,50,55-61,64-67,96-99H,7-12,15,18-19,21-22,31-32,34-35,37-39,41-43H2,1-6H3,(H2,81,102)(H,82,100)(H,83,84)(H,85,107)(H,86,103)(H,87,106)(H,88,104)(H,89,109)(H,90,112)(H,91,110)(H,92,101)(H,93,105)(H,94,111)(H,95,108)/t44-,45-,55+,56+,57+,58+,59+,60+,61+,64-,65+,66+,67?/m1/s1. The van der Waals surface area contributed by atoms with Gasteiger partial charge in [0.15, 0.2) is 0 Å². The zero-order valence-electron chi connectivity index (χ0n) is 65.1. The fourth-order valence-electron chi connectivity index (χ4n) is 13.8. The maximum absolute atomic E-state index is 15.3. The minimum absolute atomic E-state index is 0.0279. The van der Waals surface area contributed by atoms with Gasteiger partial charge in [-0.25, -0.2) is 4.98 Å². The quantitative estimate of drug-likeness (QED) is 0.0844. The van der Waals surface area contributed by atoms with Crippen molar-refractivity contribution in [1.29, 1.82) is 0 Å². The Morgan fingerprint density at radius 1 is 0.535 bits per heavy atom. The van der Waals surface area contributed by atoms with E-state index in [1.54, 1.807) is 46.0 Å². The van der Waals surface area contributed by atoms with Gasteiger partial charge in [0.05, 0.1) is 12.2 Å². The van der Waals surface area contributed by atoms with Crippen molar-refractivity contribution < 1.29 is 82.8 Å². The molecule has 0 radical (unpaired) electrons. The van der Waals surface area contributed by atoms with Gasteiger partial charge in [0.25, 0.3) is 0 Å². The summed E-state index contributed by atoms with van der Waals surface area (Å²) >= 11 is 2.71. The number of thioether (sulfide) groups is 2. The first kappa shape index (κ1) is 89.2. The summed E-state index contributed by atoms with van der Waals surface area (Å²) in [6, 6.07) is 5.63. The number of amides is 13. The monoisotopic (exact) mass is 1620 g/mol. The van der Waals surface area contributed by atoms with Crippen LogP contribution in [-0.2, 0) is 93.1 Å². The van der Waals surface area contributed by atoms with Crippen LogP contribution in [0.5, 0.6) is 11.5 Å². The van der Waals surface area contributed by atoms with Crippen molar-refractivity contribution in [3.63, 3.8) is 0 Å². The summed E-state index contributed by atoms with van der Waals surface area (Å²) in [7, 11) is 0. The zero-order valence-corrected chi connectivity index (χ0v) is 66.7. The highest BCUT2D eigenvalue weighted by Gasteiger charge is 2.41. The Bertz CT molecular complexity index is 4170. The van der Waals surface area contributed by atoms with Gasteiger partial charge in [-0.15, -0.1) is 0 Å². The summed E-state index contributed by atoms with van der Waals surface area (Å²) < 4.78 is 0. The van der Waals surface area contributed by atoms with Gasteiger partial charge in [0.2, 0.25) is 76.8 Å². The normalized spacial score (nSPS) is 25.4. The van der Waals surface area contributed by atoms with E-state index in [0.717, 1.165) is 17.5 Å². The number of H-pyrrole nitrogens is 1. The van der Waals surface area contributed by atoms with Crippen LogP contribution in [0.2, 0.25) is 0 Å². The molecule has 618 valence electrons. The lowest BCUT2D eigenvalue weighted by molar-refractivity contribution is -0.137. The molecule has 32 nitrogen and oxygen atoms in total. The second-order valence-electron chi connectivity index (χ2n) is 30.5. The second-order valence-corrected chi connectivity index (χ2v) is 32.6. The number of aromatic nitrogens is 2. The number of fused-ring (bicyclic) bond motifs is 12. The summed E-state index contributed by atoms with van der Waals surface area (Å²) in [6.07, 6.45) is 1.54. The number of aliphatic hydroxyl groups excluding tert-OH is 2. The average Bonchev–Trinajstić information content (AvgIpc) is 1.33. The Morgan fingerprint density at radius 3 is 1.67 bits per heavy atom. The highest BCUT2D eigenvalue weighted by atomic mass is 32.2. The van der Waals surface area contributed by atoms with Crippen LogP contribution in [0.3, 0.4) is 0 Å². The summed E-state index contributed by atoms with van der Waals surface area (Å²) in [5, 5.41) is 76.4. The maximum atomic E-state index is 15.3. The number of hydrogen-bond donors (Lipinski definition) is 18. The van der Waals surface area contributed by atoms with Crippen LogP contribution >= 0.6 is 23.5 Å². The van der Waals surface area contributed by atoms with Crippen molar-refractivity contribution in [3.8, 4) is 11.5 Å². The molecular formula is C80H109N15O17S2. The molecule has 19 N–H and O–H groups in total. The molecule has 3 aliphatic rings. The summed E-state index contributed by atoms with van der Waals surface area (Å²) in [6.45, 7) is 9.00. The lowest BCUT2D eigenvalue weighted by Crippen LogP contribution is -2.63. The number of phenolic OH excluding ortho intramolecular Hbond substituents is 2. The number of hydrogen-bond acceptors (Lipinski definition) is 20. The molecule has 13 amide bonds. The van der Waals surface area contributed by atoms with Crippen molar-refractivity contribution in [2.45, 2.75) is 234 Å². The molecule has 114 heavy (non-hydrogen) atoms. The average molecular weight is 1620 g/mol. The number of carbonyl (C=O) groups is 13. The zero-order chi connectivity index (χ0) is 82.8. The molecule has 2 aliphatic heterocycles. The van der Waals surface area contributed by atoms with E-state index < -0.39 is 167 Å². The molecule has 4 bridgehead atoms. The molecule has 2 aromatic heterocycles. The molecule has 1 saturated heterocycles. The van der Waals surface area contributed by atoms with Gasteiger partial charge in [0.1, 0.15) is 83.6 Å². The number of rotatable bonds is 12. The fourth-order valence-corrected chi connectivity index (χ4v) is 15.7. The molecule has 2 fully saturated rings. The van der Waals surface area contributed by atoms with E-state index in [0.29, 0.717) is 70.7 Å². The smallest absolute Gasteiger partial charge is 0.245 e. The van der Waals surface area contributed by atoms with Crippen LogP contribution in [-0.4, -0.2) is 204 Å². The van der Waals surface area contributed by atoms with Crippen molar-refractivity contribution in [1.82, 2.24) is 73.8 Å². The molecule has 1 unspecified atom stereocenters. The maximum Gasteiger partial charge on any atom is 0.245 e. The number of aromatic amines is 1. The number of primary amides is 1. The third-order valence-corrected chi connectivity index (χ3v) is 22.3. The van der Waals surface area contributed by atoms with Crippen LogP contribution in [0.1, 0.15) is 153 Å². The van der Waals surface area contributed by atoms with E-state index in [1.807, 2.05) is 24.3 Å². The fraction of sp³-hybridized carbons (Fsp3) is 0.525. The van der Waals surface area contributed by atoms with E-state index in [1.165, 1.54) is 92.1 Å². The molecule has 34 heteroatoms. The number of nitrogens with two attached hydrogens (primary N) is 1. The van der Waals surface area contributed by atoms with Crippen LogP contribution in [0.4, 0.5) is 0 Å². The number of nitrogens with zero attached hydrogens (tertiary/aromatic N) is 1. The molecule has 0 spiro atoms. The first-order valence-corrected chi connectivity index (χ1v) is 41.1. The van der Waals surface area contributed by atoms with E-state index in [-0.39, 0.29) is 94.4 Å². The van der Waals surface area contributed by atoms with Gasteiger partial charge >= 0.3 is 0 Å². The number of aromatic hydroxyl groups is 2. The molecule has 1 aliphatic carbocycles. The number of pyridine rings is 1. The predicted molar refractivity (Wildman–Crippen MR) is 428 cm³/mol. The van der Waals surface area contributed by atoms with E-state index in [2.05, 4.69) is 73.8 Å². The Balaban J connectivity index is 1.19. The van der Waals surface area contributed by atoms with Gasteiger partial charge < -0.3 is 94.9 Å². The van der Waals surface area contributed by atoms with Crippen molar-refractivity contribution in [2.75, 3.05) is 18.1 Å². The SMILES string of the molecule is CCC[C@@H]1NC(=O)[C@H](Cc2c[nH]c3ncccc23)NC(=O)[C@@H]([C@@H](C)O)NC(=O)[C@@H]2CCNC(=O)CCCC[C@H](NC1=O)C(=O)N[C@@H](Cc1ccc(O)cc1)C(=O)N[C@@H](C1CCCCC1)C(=O)N[C@@H]([C@@H](C)O)C(=O)N[C@H](C(N)=O)CSCc1cccc(c1)CSCCC(=O)NC(C(C)(C)C)C(=O)N[C@@H](Cc1ccc(O)cc1)C(=O)N2. The van der Waals surface area contributed by atoms with E-state index in [9.17, 15) is 63.6 Å². The minimum atomic E-state index is -1.87. The number of benzene rings is 3. The molecule has 5 aromatic rings. The van der Waals surface area contributed by atoms with Crippen LogP contribution in [0.25, 0.3) is 11.0 Å². The Labute approximate surface area is 670 Å². The van der Waals surface area contributed by atoms with Gasteiger partial charge in [-0.3, -0.25) is 62.3 Å². The first-order valence-electron chi connectivity index (χ1n) is 38.8. The van der Waals surface area contributed by atoms with Gasteiger partial charge in [-0.1, -0.05) is 108 Å². The molecule has 3 aromatic carbocycles. The lowest BCUT2D eigenvalue weighted by Gasteiger charge is -2.33. The van der Waals surface area contributed by atoms with Crippen molar-refractivity contribution in [2.24, 2.45) is 17.1 Å². The molecular weight excluding hydrogens is 1510 g/mol. The van der Waals surface area contributed by atoms with E-state index >= 15 is 19.2 Å². The van der Waals surface area contributed by atoms with Crippen molar-refractivity contribution >= 4 is 111 Å². The van der Waals surface area contributed by atoms with Gasteiger partial charge in [-0.05, 0) is 128 Å². The number of aliphatic hydroxyl groups is 2. The minimum Gasteiger partial charge on any atom is -0.508 e. The van der Waals surface area contributed by atoms with E-state index in [4.69, 9.17) is 5.73 Å². The topological polar surface area (TPSA) is 502 Å². The van der Waals surface area contributed by atoms with Crippen LogP contribution in [0, 0.1) is 11.3 Å². The van der Waals surface area contributed by atoms with Gasteiger partial charge in [-0.2, -0.15) is 23.5 Å².